The highest BCUT2D eigenvalue weighted by Gasteiger charge is 2.37. The molecule has 3 nitrogen and oxygen atoms in total. The van der Waals surface area contributed by atoms with Crippen LogP contribution >= 0.6 is 0 Å². The fourth-order valence-electron chi connectivity index (χ4n) is 6.37. The van der Waals surface area contributed by atoms with Crippen molar-refractivity contribution in [2.75, 3.05) is 0 Å². The first-order valence-corrected chi connectivity index (χ1v) is 12.4. The Bertz CT molecular complexity index is 1650. The minimum atomic E-state index is -0.131. The normalized spacial score (nSPS) is 19.4. The predicted molar refractivity (Wildman–Crippen MR) is 142 cm³/mol. The lowest BCUT2D eigenvalue weighted by atomic mass is 9.91. The Kier molecular flexibility index (Phi) is 3.98. The minimum Gasteiger partial charge on any atom is -0.279 e. The fraction of sp³-hybridized carbons (Fsp3) is 0.290. The highest BCUT2D eigenvalue weighted by Crippen LogP contribution is 2.54. The van der Waals surface area contributed by atoms with Gasteiger partial charge in [-0.05, 0) is 77.6 Å². The molecule has 0 aliphatic heterocycles. The van der Waals surface area contributed by atoms with E-state index in [-0.39, 0.29) is 5.41 Å². The van der Waals surface area contributed by atoms with Gasteiger partial charge in [-0.3, -0.25) is 4.40 Å². The summed E-state index contributed by atoms with van der Waals surface area (Å²) < 4.78 is 2.34. The molecule has 2 unspecified atom stereocenters. The van der Waals surface area contributed by atoms with Gasteiger partial charge >= 0.3 is 0 Å². The molecule has 5 aromatic rings. The standard InChI is InChI=1S/C31H29N3/c1-5-18-8-6-9-19(14-18)22-10-7-11-23-28(22)33-30(31(2,3)4)34-27-17-25-21-13-12-20(15-21)24(25)16-26(27)32-29(23)34/h5-11,14,16-17,20-21H,1,12-13,15H2,2-4H3. The van der Waals surface area contributed by atoms with E-state index in [1.54, 1.807) is 11.1 Å². The van der Waals surface area contributed by atoms with Crippen LogP contribution in [0.2, 0.25) is 0 Å². The molecule has 1 saturated carbocycles. The molecule has 34 heavy (non-hydrogen) atoms. The third-order valence-corrected chi connectivity index (χ3v) is 7.98. The van der Waals surface area contributed by atoms with Crippen LogP contribution < -0.4 is 0 Å². The number of benzene rings is 3. The summed E-state index contributed by atoms with van der Waals surface area (Å²) in [7, 11) is 0. The van der Waals surface area contributed by atoms with E-state index < -0.39 is 0 Å². The van der Waals surface area contributed by atoms with Crippen molar-refractivity contribution in [3.05, 3.63) is 83.7 Å². The number of hydrogen-bond acceptors (Lipinski definition) is 2. The van der Waals surface area contributed by atoms with Gasteiger partial charge in [0.1, 0.15) is 11.5 Å². The molecule has 2 bridgehead atoms. The molecule has 3 aromatic carbocycles. The average Bonchev–Trinajstić information content (AvgIpc) is 3.55. The van der Waals surface area contributed by atoms with Gasteiger partial charge in [-0.25, -0.2) is 9.97 Å². The molecule has 0 N–H and O–H groups in total. The van der Waals surface area contributed by atoms with Crippen molar-refractivity contribution in [3.63, 3.8) is 0 Å². The number of fused-ring (bicyclic) bond motifs is 10. The van der Waals surface area contributed by atoms with Gasteiger partial charge < -0.3 is 0 Å². The van der Waals surface area contributed by atoms with Crippen LogP contribution in [0.5, 0.6) is 0 Å². The molecular weight excluding hydrogens is 414 g/mol. The van der Waals surface area contributed by atoms with E-state index in [0.717, 1.165) is 56.4 Å². The lowest BCUT2D eigenvalue weighted by molar-refractivity contribution is 0.542. The molecule has 2 atom stereocenters. The van der Waals surface area contributed by atoms with Crippen molar-refractivity contribution in [2.45, 2.75) is 57.3 Å². The zero-order valence-corrected chi connectivity index (χ0v) is 20.1. The summed E-state index contributed by atoms with van der Waals surface area (Å²) in [4.78, 5) is 10.6. The van der Waals surface area contributed by atoms with Crippen molar-refractivity contribution in [1.29, 1.82) is 0 Å². The number of rotatable bonds is 2. The number of para-hydroxylation sites is 1. The first-order valence-electron chi connectivity index (χ1n) is 12.4. The van der Waals surface area contributed by atoms with Gasteiger partial charge in [-0.2, -0.15) is 0 Å². The Hall–Kier alpha value is -3.46. The van der Waals surface area contributed by atoms with Crippen LogP contribution in [0, 0.1) is 0 Å². The van der Waals surface area contributed by atoms with E-state index in [9.17, 15) is 0 Å². The van der Waals surface area contributed by atoms with Gasteiger partial charge in [0.2, 0.25) is 0 Å². The maximum absolute atomic E-state index is 5.37. The largest absolute Gasteiger partial charge is 0.279 e. The Labute approximate surface area is 200 Å². The molecule has 1 fully saturated rings. The van der Waals surface area contributed by atoms with Crippen molar-refractivity contribution < 1.29 is 0 Å². The first kappa shape index (κ1) is 20.0. The number of nitrogens with zero attached hydrogens (tertiary/aromatic N) is 3. The van der Waals surface area contributed by atoms with Gasteiger partial charge in [0, 0.05) is 16.4 Å². The second-order valence-corrected chi connectivity index (χ2v) is 11.2. The molecule has 168 valence electrons. The third-order valence-electron chi connectivity index (χ3n) is 7.98. The predicted octanol–water partition coefficient (Wildman–Crippen LogP) is 8.01. The topological polar surface area (TPSA) is 30.2 Å². The summed E-state index contributed by atoms with van der Waals surface area (Å²) in [6.45, 7) is 10.7. The van der Waals surface area contributed by atoms with E-state index >= 15 is 0 Å². The fourth-order valence-corrected chi connectivity index (χ4v) is 6.37. The van der Waals surface area contributed by atoms with Crippen molar-refractivity contribution >= 4 is 33.7 Å². The quantitative estimate of drug-likeness (QED) is 0.277. The van der Waals surface area contributed by atoms with Crippen LogP contribution in [0.25, 0.3) is 44.8 Å². The van der Waals surface area contributed by atoms with Crippen molar-refractivity contribution in [2.24, 2.45) is 0 Å². The molecule has 2 aliphatic carbocycles. The van der Waals surface area contributed by atoms with Crippen molar-refractivity contribution in [1.82, 2.24) is 14.4 Å². The summed E-state index contributed by atoms with van der Waals surface area (Å²) in [5, 5.41) is 1.11. The molecule has 2 aliphatic rings. The highest BCUT2D eigenvalue weighted by molar-refractivity contribution is 6.03. The highest BCUT2D eigenvalue weighted by atomic mass is 15.1. The Morgan fingerprint density at radius 1 is 0.941 bits per heavy atom. The van der Waals surface area contributed by atoms with Crippen LogP contribution in [-0.2, 0) is 5.41 Å². The van der Waals surface area contributed by atoms with Crippen LogP contribution in [0.15, 0.2) is 61.2 Å². The van der Waals surface area contributed by atoms with Crippen LogP contribution in [0.3, 0.4) is 0 Å². The zero-order valence-electron chi connectivity index (χ0n) is 20.1. The van der Waals surface area contributed by atoms with Gasteiger partial charge in [0.05, 0.1) is 16.6 Å². The van der Waals surface area contributed by atoms with E-state index in [2.05, 4.69) is 86.3 Å². The minimum absolute atomic E-state index is 0.131. The van der Waals surface area contributed by atoms with Crippen LogP contribution in [-0.4, -0.2) is 14.4 Å². The lowest BCUT2D eigenvalue weighted by Gasteiger charge is -2.22. The van der Waals surface area contributed by atoms with Gasteiger partial charge in [0.25, 0.3) is 0 Å². The van der Waals surface area contributed by atoms with Gasteiger partial charge in [-0.15, -0.1) is 0 Å². The molecular formula is C31H29N3. The summed E-state index contributed by atoms with van der Waals surface area (Å²) in [6, 6.07) is 19.8. The van der Waals surface area contributed by atoms with E-state index in [4.69, 9.17) is 9.97 Å². The molecule has 0 radical (unpaired) electrons. The second-order valence-electron chi connectivity index (χ2n) is 11.2. The molecule has 2 heterocycles. The molecule has 2 aromatic heterocycles. The maximum Gasteiger partial charge on any atom is 0.148 e. The zero-order chi connectivity index (χ0) is 23.2. The van der Waals surface area contributed by atoms with Crippen LogP contribution in [0.4, 0.5) is 0 Å². The summed E-state index contributed by atoms with van der Waals surface area (Å²) in [6.07, 6.45) is 5.89. The maximum atomic E-state index is 5.37. The van der Waals surface area contributed by atoms with E-state index in [1.807, 2.05) is 6.08 Å². The third kappa shape index (κ3) is 2.70. The SMILES string of the molecule is C=Cc1cccc(-c2cccc3c2nc(C(C)(C)C)n2c4cc5c(cc4nc32)C2CCC5C2)c1. The van der Waals surface area contributed by atoms with Gasteiger partial charge in [0.15, 0.2) is 0 Å². The molecule has 3 heteroatoms. The average molecular weight is 444 g/mol. The number of imidazole rings is 1. The Balaban J connectivity index is 1.60. The van der Waals surface area contributed by atoms with Crippen molar-refractivity contribution in [3.8, 4) is 11.1 Å². The summed E-state index contributed by atoms with van der Waals surface area (Å²) in [5.74, 6) is 2.52. The first-order chi connectivity index (χ1) is 16.4. The summed E-state index contributed by atoms with van der Waals surface area (Å²) >= 11 is 0. The molecule has 0 spiro atoms. The van der Waals surface area contributed by atoms with Crippen LogP contribution in [0.1, 0.15) is 74.4 Å². The number of aromatic nitrogens is 3. The number of hydrogen-bond donors (Lipinski definition) is 0. The lowest BCUT2D eigenvalue weighted by Crippen LogP contribution is -2.19. The smallest absolute Gasteiger partial charge is 0.148 e. The summed E-state index contributed by atoms with van der Waals surface area (Å²) in [5.41, 5.74) is 10.7. The van der Waals surface area contributed by atoms with E-state index in [0.29, 0.717) is 0 Å². The Morgan fingerprint density at radius 2 is 1.71 bits per heavy atom. The molecule has 7 rings (SSSR count). The Morgan fingerprint density at radius 3 is 2.47 bits per heavy atom. The van der Waals surface area contributed by atoms with E-state index in [1.165, 1.54) is 24.8 Å². The monoisotopic (exact) mass is 443 g/mol. The second kappa shape index (κ2) is 6.79. The van der Waals surface area contributed by atoms with Gasteiger partial charge in [-0.1, -0.05) is 63.8 Å². The molecule has 0 amide bonds. The molecule has 0 saturated heterocycles.